The summed E-state index contributed by atoms with van der Waals surface area (Å²) >= 11 is 5.97. The van der Waals surface area contributed by atoms with Crippen LogP contribution >= 0.6 is 11.6 Å². The van der Waals surface area contributed by atoms with E-state index in [9.17, 15) is 9.59 Å². The van der Waals surface area contributed by atoms with Gasteiger partial charge in [-0.05, 0) is 30.7 Å². The molecule has 0 saturated carbocycles. The molecule has 4 aliphatic rings. The minimum absolute atomic E-state index is 0.108. The first-order valence-electron chi connectivity index (χ1n) is 7.36. The number of esters is 1. The highest BCUT2D eigenvalue weighted by Crippen LogP contribution is 2.49. The second-order valence-corrected chi connectivity index (χ2v) is 6.29. The molecule has 0 N–H and O–H groups in total. The zero-order chi connectivity index (χ0) is 16.2. The zero-order valence-corrected chi connectivity index (χ0v) is 13.1. The summed E-state index contributed by atoms with van der Waals surface area (Å²) in [5.41, 5.74) is 1.52. The Bertz CT molecular complexity index is 855. The van der Waals surface area contributed by atoms with Crippen molar-refractivity contribution in [3.8, 4) is 0 Å². The fraction of sp³-hybridized carbons (Fsp3) is 0.158. The Labute approximate surface area is 138 Å². The number of hydrogen-bond donors (Lipinski definition) is 0. The maximum absolute atomic E-state index is 12.3. The summed E-state index contributed by atoms with van der Waals surface area (Å²) in [5.74, 6) is -0.737. The van der Waals surface area contributed by atoms with Crippen molar-refractivity contribution < 1.29 is 14.3 Å². The SMILES string of the molecule is CC(=O)C1=C2C=C[C@H]3C=C[C@]2(OC1=O)C(c1ccc(Cl)cc1)=C3. The third-order valence-corrected chi connectivity index (χ3v) is 4.68. The maximum atomic E-state index is 12.3. The fourth-order valence-electron chi connectivity index (χ4n) is 3.39. The average molecular weight is 325 g/mol. The third-order valence-electron chi connectivity index (χ3n) is 4.43. The molecule has 0 aromatic heterocycles. The highest BCUT2D eigenvalue weighted by Gasteiger charge is 2.51. The minimum atomic E-state index is -1.02. The second-order valence-electron chi connectivity index (χ2n) is 5.85. The predicted octanol–water partition coefficient (Wildman–Crippen LogP) is 3.66. The average Bonchev–Trinajstić information content (AvgIpc) is 2.63. The molecule has 0 fully saturated rings. The van der Waals surface area contributed by atoms with Gasteiger partial charge in [-0.25, -0.2) is 4.79 Å². The highest BCUT2D eigenvalue weighted by molar-refractivity contribution is 6.30. The number of ether oxygens (including phenoxy) is 1. The van der Waals surface area contributed by atoms with Gasteiger partial charge < -0.3 is 4.74 Å². The van der Waals surface area contributed by atoms with E-state index >= 15 is 0 Å². The molecule has 4 heteroatoms. The van der Waals surface area contributed by atoms with Gasteiger partial charge in [-0.1, -0.05) is 48.0 Å². The molecule has 0 unspecified atom stereocenters. The topological polar surface area (TPSA) is 43.4 Å². The molecule has 0 amide bonds. The summed E-state index contributed by atoms with van der Waals surface area (Å²) in [6.07, 6.45) is 9.74. The molecule has 1 aromatic rings. The largest absolute Gasteiger partial charge is 0.441 e. The van der Waals surface area contributed by atoms with E-state index in [-0.39, 0.29) is 17.3 Å². The van der Waals surface area contributed by atoms with E-state index in [0.29, 0.717) is 10.6 Å². The van der Waals surface area contributed by atoms with Gasteiger partial charge in [0.05, 0.1) is 0 Å². The van der Waals surface area contributed by atoms with Crippen molar-refractivity contribution >= 4 is 28.9 Å². The first-order valence-corrected chi connectivity index (χ1v) is 7.74. The lowest BCUT2D eigenvalue weighted by Gasteiger charge is -2.31. The zero-order valence-electron chi connectivity index (χ0n) is 12.4. The Morgan fingerprint density at radius 2 is 1.96 bits per heavy atom. The predicted molar refractivity (Wildman–Crippen MR) is 87.7 cm³/mol. The van der Waals surface area contributed by atoms with Crippen molar-refractivity contribution in [1.29, 1.82) is 0 Å². The maximum Gasteiger partial charge on any atom is 0.343 e. The monoisotopic (exact) mass is 324 g/mol. The molecule has 0 saturated heterocycles. The molecule has 1 aromatic carbocycles. The van der Waals surface area contributed by atoms with Gasteiger partial charge in [0.25, 0.3) is 0 Å². The van der Waals surface area contributed by atoms with Crippen LogP contribution in [0.1, 0.15) is 12.5 Å². The first kappa shape index (κ1) is 14.2. The van der Waals surface area contributed by atoms with Gasteiger partial charge in [-0.15, -0.1) is 0 Å². The Kier molecular flexibility index (Phi) is 2.97. The molecule has 1 aliphatic heterocycles. The van der Waals surface area contributed by atoms with E-state index in [1.54, 1.807) is 12.1 Å². The van der Waals surface area contributed by atoms with E-state index in [1.807, 2.05) is 36.4 Å². The molecule has 1 heterocycles. The van der Waals surface area contributed by atoms with Crippen LogP contribution in [0.15, 0.2) is 65.8 Å². The van der Waals surface area contributed by atoms with Crippen LogP contribution in [-0.4, -0.2) is 17.4 Å². The summed E-state index contributed by atoms with van der Waals surface area (Å²) < 4.78 is 5.72. The van der Waals surface area contributed by atoms with Crippen LogP contribution < -0.4 is 0 Å². The van der Waals surface area contributed by atoms with Gasteiger partial charge in [-0.2, -0.15) is 0 Å². The fourth-order valence-corrected chi connectivity index (χ4v) is 3.51. The van der Waals surface area contributed by atoms with Crippen molar-refractivity contribution in [2.75, 3.05) is 0 Å². The number of Topliss-reactive ketones (excluding diaryl/α,β-unsaturated/α-hetero) is 1. The molecule has 3 nitrogen and oxygen atoms in total. The number of carbonyl (C=O) groups is 2. The summed E-state index contributed by atoms with van der Waals surface area (Å²) in [7, 11) is 0. The Balaban J connectivity index is 1.96. The molecule has 2 bridgehead atoms. The van der Waals surface area contributed by atoms with Gasteiger partial charge in [0.1, 0.15) is 5.57 Å². The normalized spacial score (nSPS) is 27.7. The van der Waals surface area contributed by atoms with Crippen molar-refractivity contribution in [2.45, 2.75) is 12.5 Å². The number of benzene rings is 1. The standard InChI is InChI=1S/C19H13ClO3/c1-11(21)17-15-7-2-12-8-9-19(15,23-18(17)22)16(10-12)13-3-5-14(20)6-4-13/h2-10,12H,1H3/t12-,19+/m0/s1. The number of hydrogen-bond acceptors (Lipinski definition) is 3. The van der Waals surface area contributed by atoms with Crippen LogP contribution in [0.4, 0.5) is 0 Å². The molecule has 23 heavy (non-hydrogen) atoms. The quantitative estimate of drug-likeness (QED) is 0.474. The number of rotatable bonds is 2. The van der Waals surface area contributed by atoms with E-state index in [2.05, 4.69) is 6.08 Å². The molecule has 5 rings (SSSR count). The third kappa shape index (κ3) is 1.97. The van der Waals surface area contributed by atoms with Crippen LogP contribution in [0, 0.1) is 5.92 Å². The molecular formula is C19H13ClO3. The summed E-state index contributed by atoms with van der Waals surface area (Å²) in [5, 5.41) is 0.642. The summed E-state index contributed by atoms with van der Waals surface area (Å²) in [6, 6.07) is 7.40. The van der Waals surface area contributed by atoms with Gasteiger partial charge in [0.2, 0.25) is 0 Å². The number of carbonyl (C=O) groups excluding carboxylic acids is 2. The molecular weight excluding hydrogens is 312 g/mol. The first-order chi connectivity index (χ1) is 11.0. The van der Waals surface area contributed by atoms with E-state index in [4.69, 9.17) is 16.3 Å². The van der Waals surface area contributed by atoms with Crippen LogP contribution in [0.3, 0.4) is 0 Å². The lowest BCUT2D eigenvalue weighted by molar-refractivity contribution is -0.141. The summed E-state index contributed by atoms with van der Waals surface area (Å²) in [6.45, 7) is 1.39. The number of ketones is 1. The molecule has 2 atom stereocenters. The second kappa shape index (κ2) is 4.80. The Morgan fingerprint density at radius 1 is 1.22 bits per heavy atom. The number of allylic oxidation sites excluding steroid dienone is 3. The van der Waals surface area contributed by atoms with Gasteiger partial charge in [0, 0.05) is 22.1 Å². The van der Waals surface area contributed by atoms with E-state index < -0.39 is 11.6 Å². The highest BCUT2D eigenvalue weighted by atomic mass is 35.5. The van der Waals surface area contributed by atoms with Crippen molar-refractivity contribution in [2.24, 2.45) is 5.92 Å². The van der Waals surface area contributed by atoms with E-state index in [0.717, 1.165) is 11.1 Å². The molecule has 114 valence electrons. The van der Waals surface area contributed by atoms with Crippen molar-refractivity contribution in [1.82, 2.24) is 0 Å². The Hall–Kier alpha value is -2.39. The Morgan fingerprint density at radius 3 is 2.65 bits per heavy atom. The summed E-state index contributed by atoms with van der Waals surface area (Å²) in [4.78, 5) is 24.2. The van der Waals surface area contributed by atoms with Crippen LogP contribution in [-0.2, 0) is 14.3 Å². The van der Waals surface area contributed by atoms with Crippen LogP contribution in [0.5, 0.6) is 0 Å². The smallest absolute Gasteiger partial charge is 0.343 e. The van der Waals surface area contributed by atoms with Crippen LogP contribution in [0.2, 0.25) is 5.02 Å². The van der Waals surface area contributed by atoms with Gasteiger partial charge in [-0.3, -0.25) is 4.79 Å². The minimum Gasteiger partial charge on any atom is -0.441 e. The molecule has 1 spiro atoms. The van der Waals surface area contributed by atoms with E-state index in [1.165, 1.54) is 6.92 Å². The van der Waals surface area contributed by atoms with Gasteiger partial charge in [0.15, 0.2) is 11.4 Å². The number of halogens is 1. The van der Waals surface area contributed by atoms with Crippen LogP contribution in [0.25, 0.3) is 5.57 Å². The van der Waals surface area contributed by atoms with Crippen molar-refractivity contribution in [3.63, 3.8) is 0 Å². The lowest BCUT2D eigenvalue weighted by atomic mass is 9.78. The molecule has 3 aliphatic carbocycles. The van der Waals surface area contributed by atoms with Gasteiger partial charge >= 0.3 is 5.97 Å². The van der Waals surface area contributed by atoms with Crippen molar-refractivity contribution in [3.05, 3.63) is 76.4 Å². The molecule has 0 radical (unpaired) electrons. The lowest BCUT2D eigenvalue weighted by Crippen LogP contribution is -2.32.